The highest BCUT2D eigenvalue weighted by molar-refractivity contribution is 6.33. The average Bonchev–Trinajstić information content (AvgIpc) is 2.81. The van der Waals surface area contributed by atoms with Crippen molar-refractivity contribution in [3.8, 4) is 11.8 Å². The molecule has 3 rings (SSSR count). The lowest BCUT2D eigenvalue weighted by molar-refractivity contribution is 0.00762. The highest BCUT2D eigenvalue weighted by Gasteiger charge is 2.31. The Morgan fingerprint density at radius 3 is 2.97 bits per heavy atom. The summed E-state index contributed by atoms with van der Waals surface area (Å²) in [5.74, 6) is 0.662. The molecule has 2 atom stereocenters. The first kappa shape index (κ1) is 23.6. The maximum atomic E-state index is 12.9. The number of aromatic nitrogens is 1. The number of rotatable bonds is 8. The van der Waals surface area contributed by atoms with Crippen LogP contribution in [0.15, 0.2) is 30.5 Å². The van der Waals surface area contributed by atoms with Crippen LogP contribution >= 0.6 is 11.6 Å². The van der Waals surface area contributed by atoms with Gasteiger partial charge in [0.1, 0.15) is 17.6 Å². The summed E-state index contributed by atoms with van der Waals surface area (Å²) in [6.45, 7) is 2.85. The van der Waals surface area contributed by atoms with Crippen molar-refractivity contribution in [2.24, 2.45) is 0 Å². The number of anilines is 2. The molecule has 1 aromatic heterocycles. The number of benzene rings is 1. The fourth-order valence-corrected chi connectivity index (χ4v) is 3.88. The van der Waals surface area contributed by atoms with Gasteiger partial charge in [-0.2, -0.15) is 5.26 Å². The Balaban J connectivity index is 1.56. The maximum absolute atomic E-state index is 12.9. The first-order valence-electron chi connectivity index (χ1n) is 10.2. The molecule has 0 radical (unpaired) electrons. The number of halogens is 1. The molecule has 1 aliphatic rings. The molecular formula is C22H27ClN6O3. The van der Waals surface area contributed by atoms with Crippen molar-refractivity contribution in [3.63, 3.8) is 0 Å². The van der Waals surface area contributed by atoms with E-state index in [1.807, 2.05) is 0 Å². The lowest BCUT2D eigenvalue weighted by Crippen LogP contribution is -2.55. The van der Waals surface area contributed by atoms with Gasteiger partial charge in [-0.15, -0.1) is 0 Å². The van der Waals surface area contributed by atoms with E-state index in [4.69, 9.17) is 32.1 Å². The van der Waals surface area contributed by atoms with Crippen LogP contribution in [0, 0.1) is 11.3 Å². The topological polar surface area (TPSA) is 126 Å². The third-order valence-electron chi connectivity index (χ3n) is 5.47. The second-order valence-electron chi connectivity index (χ2n) is 7.46. The second-order valence-corrected chi connectivity index (χ2v) is 7.86. The van der Waals surface area contributed by atoms with E-state index in [0.717, 1.165) is 19.5 Å². The quantitative estimate of drug-likeness (QED) is 0.513. The molecule has 2 heterocycles. The molecule has 10 heteroatoms. The molecule has 0 spiro atoms. The van der Waals surface area contributed by atoms with E-state index in [0.29, 0.717) is 46.5 Å². The van der Waals surface area contributed by atoms with Crippen LogP contribution in [0.5, 0.6) is 5.75 Å². The van der Waals surface area contributed by atoms with Crippen LogP contribution in [0.4, 0.5) is 11.5 Å². The zero-order chi connectivity index (χ0) is 23.1. The number of nitrogens with two attached hydrogens (primary N) is 1. The monoisotopic (exact) mass is 458 g/mol. The third kappa shape index (κ3) is 5.59. The Bertz CT molecular complexity index is 996. The maximum Gasteiger partial charge on any atom is 0.255 e. The van der Waals surface area contributed by atoms with Gasteiger partial charge in [0.05, 0.1) is 41.1 Å². The van der Waals surface area contributed by atoms with Gasteiger partial charge in [0.2, 0.25) is 0 Å². The van der Waals surface area contributed by atoms with Gasteiger partial charge in [0.15, 0.2) is 0 Å². The van der Waals surface area contributed by atoms with Crippen LogP contribution in [-0.2, 0) is 4.74 Å². The number of nitrogens with zero attached hydrogens (tertiary/aromatic N) is 3. The van der Waals surface area contributed by atoms with Crippen LogP contribution in [0.1, 0.15) is 22.3 Å². The van der Waals surface area contributed by atoms with Gasteiger partial charge in [-0.3, -0.25) is 9.69 Å². The Morgan fingerprint density at radius 1 is 1.44 bits per heavy atom. The highest BCUT2D eigenvalue weighted by Crippen LogP contribution is 2.29. The van der Waals surface area contributed by atoms with Crippen molar-refractivity contribution in [2.75, 3.05) is 51.4 Å². The van der Waals surface area contributed by atoms with Gasteiger partial charge >= 0.3 is 0 Å². The molecule has 1 aromatic carbocycles. The number of carbonyl (C=O) groups excluding carboxylic acids is 1. The van der Waals surface area contributed by atoms with Gasteiger partial charge in [-0.25, -0.2) is 4.98 Å². The number of hydrogen-bond acceptors (Lipinski definition) is 8. The molecule has 170 valence electrons. The summed E-state index contributed by atoms with van der Waals surface area (Å²) in [4.78, 5) is 19.3. The van der Waals surface area contributed by atoms with E-state index in [1.54, 1.807) is 31.5 Å². The SMILES string of the molecule is COc1cc(N)c(Cl)cc1C(=O)N[C@@H]1CCN(CCNc2ncccc2C#N)C[C@@H]1OC. The van der Waals surface area contributed by atoms with Crippen molar-refractivity contribution in [1.82, 2.24) is 15.2 Å². The number of nitriles is 1. The van der Waals surface area contributed by atoms with Gasteiger partial charge < -0.3 is 25.8 Å². The van der Waals surface area contributed by atoms with E-state index in [-0.39, 0.29) is 18.1 Å². The number of ether oxygens (including phenoxy) is 2. The molecule has 32 heavy (non-hydrogen) atoms. The zero-order valence-corrected chi connectivity index (χ0v) is 18.9. The summed E-state index contributed by atoms with van der Waals surface area (Å²) < 4.78 is 10.9. The number of carbonyl (C=O) groups is 1. The summed E-state index contributed by atoms with van der Waals surface area (Å²) in [5, 5.41) is 15.7. The average molecular weight is 459 g/mol. The number of methoxy groups -OCH3 is 2. The predicted octanol–water partition coefficient (Wildman–Crippen LogP) is 2.13. The van der Waals surface area contributed by atoms with Gasteiger partial charge in [0.25, 0.3) is 5.91 Å². The minimum absolute atomic E-state index is 0.154. The van der Waals surface area contributed by atoms with Crippen LogP contribution in [0.2, 0.25) is 5.02 Å². The number of piperidine rings is 1. The molecule has 0 saturated carbocycles. The molecular weight excluding hydrogens is 432 g/mol. The van der Waals surface area contributed by atoms with E-state index < -0.39 is 0 Å². The fourth-order valence-electron chi connectivity index (χ4n) is 3.72. The van der Waals surface area contributed by atoms with Crippen LogP contribution in [0.3, 0.4) is 0 Å². The van der Waals surface area contributed by atoms with Crippen molar-refractivity contribution in [1.29, 1.82) is 5.26 Å². The molecule has 1 fully saturated rings. The van der Waals surface area contributed by atoms with Crippen LogP contribution in [-0.4, -0.2) is 68.3 Å². The van der Waals surface area contributed by atoms with E-state index in [2.05, 4.69) is 26.6 Å². The van der Waals surface area contributed by atoms with E-state index >= 15 is 0 Å². The Morgan fingerprint density at radius 2 is 2.25 bits per heavy atom. The molecule has 0 aliphatic carbocycles. The summed E-state index contributed by atoms with van der Waals surface area (Å²) in [6.07, 6.45) is 2.21. The Labute approximate surface area is 192 Å². The Hall–Kier alpha value is -3.06. The molecule has 4 N–H and O–H groups in total. The summed E-state index contributed by atoms with van der Waals surface area (Å²) in [6, 6.07) is 8.50. The van der Waals surface area contributed by atoms with E-state index in [9.17, 15) is 4.79 Å². The molecule has 0 bridgehead atoms. The number of amides is 1. The van der Waals surface area contributed by atoms with Gasteiger partial charge in [-0.1, -0.05) is 11.6 Å². The number of likely N-dealkylation sites (tertiary alicyclic amines) is 1. The van der Waals surface area contributed by atoms with Crippen LogP contribution < -0.4 is 21.1 Å². The van der Waals surface area contributed by atoms with Crippen molar-refractivity contribution < 1.29 is 14.3 Å². The first-order chi connectivity index (χ1) is 15.5. The number of hydrogen-bond donors (Lipinski definition) is 3. The summed E-state index contributed by atoms with van der Waals surface area (Å²) >= 11 is 6.10. The Kier molecular flexibility index (Phi) is 8.11. The first-order valence-corrected chi connectivity index (χ1v) is 10.6. The van der Waals surface area contributed by atoms with Crippen LogP contribution in [0.25, 0.3) is 0 Å². The van der Waals surface area contributed by atoms with Crippen molar-refractivity contribution >= 4 is 29.0 Å². The third-order valence-corrected chi connectivity index (χ3v) is 5.80. The second kappa shape index (κ2) is 11.0. The molecule has 0 unspecified atom stereocenters. The lowest BCUT2D eigenvalue weighted by Gasteiger charge is -2.38. The minimum Gasteiger partial charge on any atom is -0.496 e. The summed E-state index contributed by atoms with van der Waals surface area (Å²) in [7, 11) is 3.12. The standard InChI is InChI=1S/C22H27ClN6O3/c1-31-19-11-17(25)16(23)10-15(19)22(30)28-18-5-8-29(13-20(18)32-2)9-7-27-21-14(12-24)4-3-6-26-21/h3-4,6,10-11,18,20H,5,7-9,13,25H2,1-2H3,(H,26,27)(H,28,30)/t18-,20+/m1/s1. The zero-order valence-electron chi connectivity index (χ0n) is 18.1. The van der Waals surface area contributed by atoms with Gasteiger partial charge in [0, 0.05) is 45.6 Å². The fraction of sp³-hybridized carbons (Fsp3) is 0.409. The molecule has 2 aromatic rings. The van der Waals surface area contributed by atoms with Gasteiger partial charge in [-0.05, 0) is 24.6 Å². The highest BCUT2D eigenvalue weighted by atomic mass is 35.5. The molecule has 1 aliphatic heterocycles. The normalized spacial score (nSPS) is 18.6. The number of nitrogen functional groups attached to an aromatic ring is 1. The molecule has 1 amide bonds. The molecule has 1 saturated heterocycles. The van der Waals surface area contributed by atoms with E-state index in [1.165, 1.54) is 13.2 Å². The largest absolute Gasteiger partial charge is 0.496 e. The predicted molar refractivity (Wildman–Crippen MR) is 123 cm³/mol. The number of pyridine rings is 1. The van der Waals surface area contributed by atoms with Crippen molar-refractivity contribution in [2.45, 2.75) is 18.6 Å². The number of nitrogens with one attached hydrogen (secondary N) is 2. The lowest BCUT2D eigenvalue weighted by atomic mass is 10.0. The summed E-state index contributed by atoms with van der Waals surface area (Å²) in [5.41, 5.74) is 7.00. The molecule has 9 nitrogen and oxygen atoms in total. The van der Waals surface area contributed by atoms with Crippen molar-refractivity contribution in [3.05, 3.63) is 46.6 Å². The minimum atomic E-state index is -0.287. The smallest absolute Gasteiger partial charge is 0.255 e.